The Bertz CT molecular complexity index is 462. The van der Waals surface area contributed by atoms with Gasteiger partial charge < -0.3 is 15.8 Å². The Balaban J connectivity index is 1.82. The smallest absolute Gasteiger partial charge is 0.223 e. The molecule has 98 valence electrons. The summed E-state index contributed by atoms with van der Waals surface area (Å²) in [5.74, 6) is -1.86. The molecule has 2 rings (SSSR count). The number of hydrogen-bond donors (Lipinski definition) is 2. The molecule has 0 radical (unpaired) electrons. The molecule has 0 aliphatic heterocycles. The van der Waals surface area contributed by atoms with Gasteiger partial charge in [-0.2, -0.15) is 0 Å². The second-order valence-electron chi connectivity index (χ2n) is 4.24. The zero-order chi connectivity index (χ0) is 13.1. The van der Waals surface area contributed by atoms with Gasteiger partial charge in [-0.3, -0.25) is 4.79 Å². The minimum Gasteiger partial charge on any atom is -0.490 e. The molecule has 0 aromatic heterocycles. The van der Waals surface area contributed by atoms with Crippen molar-refractivity contribution in [3.05, 3.63) is 23.8 Å². The second-order valence-corrected chi connectivity index (χ2v) is 4.24. The number of nitrogens with one attached hydrogen (secondary N) is 1. The van der Waals surface area contributed by atoms with Crippen LogP contribution in [0.5, 0.6) is 5.75 Å². The lowest BCUT2D eigenvalue weighted by Crippen LogP contribution is -2.26. The van der Waals surface area contributed by atoms with Gasteiger partial charge >= 0.3 is 0 Å². The summed E-state index contributed by atoms with van der Waals surface area (Å²) in [6.07, 6.45) is 2.12. The van der Waals surface area contributed by atoms with E-state index in [0.29, 0.717) is 0 Å². The van der Waals surface area contributed by atoms with Gasteiger partial charge in [0, 0.05) is 18.2 Å². The Kier molecular flexibility index (Phi) is 3.64. The highest BCUT2D eigenvalue weighted by molar-refractivity contribution is 5.76. The van der Waals surface area contributed by atoms with Crippen LogP contribution in [0, 0.1) is 11.6 Å². The highest BCUT2D eigenvalue weighted by Gasteiger charge is 2.22. The zero-order valence-corrected chi connectivity index (χ0v) is 9.71. The third-order valence-electron chi connectivity index (χ3n) is 2.58. The molecule has 0 unspecified atom stereocenters. The molecule has 1 aromatic rings. The molecular weight excluding hydrogens is 242 g/mol. The average Bonchev–Trinajstić information content (AvgIpc) is 3.09. The van der Waals surface area contributed by atoms with Crippen LogP contribution in [0.15, 0.2) is 12.1 Å². The Morgan fingerprint density at radius 1 is 1.39 bits per heavy atom. The second kappa shape index (κ2) is 5.20. The molecule has 0 saturated heterocycles. The molecule has 18 heavy (non-hydrogen) atoms. The largest absolute Gasteiger partial charge is 0.490 e. The maximum Gasteiger partial charge on any atom is 0.223 e. The molecular formula is C12H14F2N2O2. The standard InChI is InChI=1S/C12H14F2N2O2/c13-8-6-11(9(14)5-10(8)15)18-4-3-12(17)16-7-1-2-7/h5-7H,1-4,15H2,(H,16,17). The Labute approximate surface area is 103 Å². The fraction of sp³-hybridized carbons (Fsp3) is 0.417. The van der Waals surface area contributed by atoms with E-state index in [1.54, 1.807) is 0 Å². The summed E-state index contributed by atoms with van der Waals surface area (Å²) >= 11 is 0. The van der Waals surface area contributed by atoms with Crippen LogP contribution in [0.4, 0.5) is 14.5 Å². The molecule has 3 N–H and O–H groups in total. The van der Waals surface area contributed by atoms with Crippen molar-refractivity contribution in [2.45, 2.75) is 25.3 Å². The summed E-state index contributed by atoms with van der Waals surface area (Å²) in [4.78, 5) is 11.3. The van der Waals surface area contributed by atoms with E-state index >= 15 is 0 Å². The van der Waals surface area contributed by atoms with Crippen molar-refractivity contribution in [3.8, 4) is 5.75 Å². The number of nitrogens with two attached hydrogens (primary N) is 1. The average molecular weight is 256 g/mol. The van der Waals surface area contributed by atoms with Gasteiger partial charge in [-0.1, -0.05) is 0 Å². The van der Waals surface area contributed by atoms with Crippen LogP contribution in [-0.4, -0.2) is 18.6 Å². The summed E-state index contributed by atoms with van der Waals surface area (Å²) in [6, 6.07) is 2.02. The van der Waals surface area contributed by atoms with Crippen LogP contribution in [0.2, 0.25) is 0 Å². The first kappa shape index (κ1) is 12.6. The molecule has 0 atom stereocenters. The van der Waals surface area contributed by atoms with Gasteiger partial charge in [0.15, 0.2) is 11.6 Å². The van der Waals surface area contributed by atoms with E-state index in [2.05, 4.69) is 5.32 Å². The van der Waals surface area contributed by atoms with E-state index in [9.17, 15) is 13.6 Å². The molecule has 0 bridgehead atoms. The van der Waals surface area contributed by atoms with Crippen molar-refractivity contribution in [2.24, 2.45) is 0 Å². The van der Waals surface area contributed by atoms with Crippen LogP contribution < -0.4 is 15.8 Å². The number of hydrogen-bond acceptors (Lipinski definition) is 3. The van der Waals surface area contributed by atoms with E-state index in [-0.39, 0.29) is 36.4 Å². The summed E-state index contributed by atoms with van der Waals surface area (Å²) in [7, 11) is 0. The van der Waals surface area contributed by atoms with Crippen LogP contribution in [0.3, 0.4) is 0 Å². The lowest BCUT2D eigenvalue weighted by Gasteiger charge is -2.08. The van der Waals surface area contributed by atoms with Crippen molar-refractivity contribution >= 4 is 11.6 Å². The first-order valence-electron chi connectivity index (χ1n) is 5.73. The topological polar surface area (TPSA) is 64.3 Å². The minimum atomic E-state index is -0.742. The molecule has 1 saturated carbocycles. The van der Waals surface area contributed by atoms with E-state index in [1.165, 1.54) is 0 Å². The molecule has 1 aliphatic rings. The van der Waals surface area contributed by atoms with E-state index < -0.39 is 11.6 Å². The zero-order valence-electron chi connectivity index (χ0n) is 9.71. The molecule has 0 spiro atoms. The fourth-order valence-corrected chi connectivity index (χ4v) is 1.44. The monoisotopic (exact) mass is 256 g/mol. The van der Waals surface area contributed by atoms with Gasteiger partial charge in [0.1, 0.15) is 5.82 Å². The van der Waals surface area contributed by atoms with Gasteiger partial charge in [0.2, 0.25) is 5.91 Å². The first-order valence-corrected chi connectivity index (χ1v) is 5.73. The van der Waals surface area contributed by atoms with Crippen LogP contribution in [0.25, 0.3) is 0 Å². The van der Waals surface area contributed by atoms with Crippen molar-refractivity contribution in [1.29, 1.82) is 0 Å². The lowest BCUT2D eigenvalue weighted by atomic mass is 10.3. The summed E-state index contributed by atoms with van der Waals surface area (Å²) in [5.41, 5.74) is 4.92. The lowest BCUT2D eigenvalue weighted by molar-refractivity contribution is -0.121. The quantitative estimate of drug-likeness (QED) is 0.786. The molecule has 6 heteroatoms. The first-order chi connectivity index (χ1) is 8.56. The predicted molar refractivity (Wildman–Crippen MR) is 62.0 cm³/mol. The van der Waals surface area contributed by atoms with Crippen LogP contribution in [0.1, 0.15) is 19.3 Å². The number of nitrogen functional groups attached to an aromatic ring is 1. The highest BCUT2D eigenvalue weighted by Crippen LogP contribution is 2.23. The fourth-order valence-electron chi connectivity index (χ4n) is 1.44. The summed E-state index contributed by atoms with van der Waals surface area (Å²) in [6.45, 7) is -0.00116. The third-order valence-corrected chi connectivity index (χ3v) is 2.58. The van der Waals surface area contributed by atoms with Gasteiger partial charge in [-0.25, -0.2) is 8.78 Å². The van der Waals surface area contributed by atoms with Crippen LogP contribution in [-0.2, 0) is 4.79 Å². The van der Waals surface area contributed by atoms with Gasteiger partial charge in [0.25, 0.3) is 0 Å². The number of rotatable bonds is 5. The third kappa shape index (κ3) is 3.32. The maximum atomic E-state index is 13.3. The molecule has 1 amide bonds. The molecule has 1 fully saturated rings. The van der Waals surface area contributed by atoms with Crippen molar-refractivity contribution in [2.75, 3.05) is 12.3 Å². The number of anilines is 1. The van der Waals surface area contributed by atoms with Gasteiger partial charge in [-0.05, 0) is 12.8 Å². The highest BCUT2D eigenvalue weighted by atomic mass is 19.1. The minimum absolute atomic E-state index is 0.00116. The number of amides is 1. The van der Waals surface area contributed by atoms with Gasteiger partial charge in [0.05, 0.1) is 18.7 Å². The number of halogens is 2. The maximum absolute atomic E-state index is 13.3. The summed E-state index contributed by atoms with van der Waals surface area (Å²) < 4.78 is 31.4. The van der Waals surface area contributed by atoms with E-state index in [4.69, 9.17) is 10.5 Å². The molecule has 4 nitrogen and oxygen atoms in total. The number of ether oxygens (including phenoxy) is 1. The molecule has 1 aromatic carbocycles. The molecule has 1 aliphatic carbocycles. The normalized spacial score (nSPS) is 14.3. The molecule has 0 heterocycles. The van der Waals surface area contributed by atoms with Crippen molar-refractivity contribution in [3.63, 3.8) is 0 Å². The van der Waals surface area contributed by atoms with E-state index in [0.717, 1.165) is 25.0 Å². The summed E-state index contributed by atoms with van der Waals surface area (Å²) in [5, 5.41) is 2.77. The van der Waals surface area contributed by atoms with Crippen molar-refractivity contribution in [1.82, 2.24) is 5.32 Å². The SMILES string of the molecule is Nc1cc(F)c(OCCC(=O)NC2CC2)cc1F. The number of carbonyl (C=O) groups is 1. The predicted octanol–water partition coefficient (Wildman–Crippen LogP) is 1.59. The number of carbonyl (C=O) groups excluding carboxylic acids is 1. The Hall–Kier alpha value is -1.85. The van der Waals surface area contributed by atoms with Gasteiger partial charge in [-0.15, -0.1) is 0 Å². The van der Waals surface area contributed by atoms with E-state index in [1.807, 2.05) is 0 Å². The number of benzene rings is 1. The van der Waals surface area contributed by atoms with Crippen LogP contribution >= 0.6 is 0 Å². The Morgan fingerprint density at radius 3 is 2.78 bits per heavy atom. The van der Waals surface area contributed by atoms with Crippen molar-refractivity contribution < 1.29 is 18.3 Å². The Morgan fingerprint density at radius 2 is 2.11 bits per heavy atom.